The average molecular weight is 252 g/mol. The lowest BCUT2D eigenvalue weighted by Gasteiger charge is -2.23. The molecule has 0 radical (unpaired) electrons. The van der Waals surface area contributed by atoms with Crippen molar-refractivity contribution in [3.63, 3.8) is 0 Å². The Hall–Kier alpha value is -1.75. The van der Waals surface area contributed by atoms with Gasteiger partial charge in [-0.3, -0.25) is 4.79 Å². The van der Waals surface area contributed by atoms with Crippen LogP contribution in [0.4, 0.5) is 5.69 Å². The SMILES string of the molecule is COc1ccc(N)c(C(=O)NCC(C)(C)OC)c1. The van der Waals surface area contributed by atoms with Crippen molar-refractivity contribution in [2.24, 2.45) is 0 Å². The number of nitrogens with one attached hydrogen (secondary N) is 1. The molecule has 0 aliphatic rings. The van der Waals surface area contributed by atoms with Crippen molar-refractivity contribution in [3.8, 4) is 5.75 Å². The van der Waals surface area contributed by atoms with Gasteiger partial charge in [0.1, 0.15) is 5.75 Å². The van der Waals surface area contributed by atoms with Gasteiger partial charge in [0.15, 0.2) is 0 Å². The smallest absolute Gasteiger partial charge is 0.253 e. The highest BCUT2D eigenvalue weighted by atomic mass is 16.5. The summed E-state index contributed by atoms with van der Waals surface area (Å²) in [5.74, 6) is 0.358. The van der Waals surface area contributed by atoms with Crippen LogP contribution in [0.2, 0.25) is 0 Å². The molecule has 0 bridgehead atoms. The number of hydrogen-bond donors (Lipinski definition) is 2. The first-order valence-electron chi connectivity index (χ1n) is 5.66. The number of carbonyl (C=O) groups excluding carboxylic acids is 1. The normalized spacial score (nSPS) is 11.1. The number of anilines is 1. The Morgan fingerprint density at radius 2 is 2.06 bits per heavy atom. The van der Waals surface area contributed by atoms with Crippen LogP contribution in [0.15, 0.2) is 18.2 Å². The van der Waals surface area contributed by atoms with Crippen molar-refractivity contribution in [3.05, 3.63) is 23.8 Å². The van der Waals surface area contributed by atoms with E-state index < -0.39 is 5.60 Å². The number of nitrogen functional groups attached to an aromatic ring is 1. The second kappa shape index (κ2) is 5.73. The number of nitrogens with two attached hydrogens (primary N) is 1. The molecule has 0 spiro atoms. The summed E-state index contributed by atoms with van der Waals surface area (Å²) in [5.41, 5.74) is 6.18. The number of methoxy groups -OCH3 is 2. The molecule has 0 saturated heterocycles. The third kappa shape index (κ3) is 3.63. The Morgan fingerprint density at radius 3 is 2.61 bits per heavy atom. The predicted octanol–water partition coefficient (Wildman–Crippen LogP) is 1.43. The van der Waals surface area contributed by atoms with Gasteiger partial charge in [0, 0.05) is 19.3 Å². The molecular weight excluding hydrogens is 232 g/mol. The number of amides is 1. The second-order valence-electron chi connectivity index (χ2n) is 4.60. The van der Waals surface area contributed by atoms with Crippen molar-refractivity contribution in [1.82, 2.24) is 5.32 Å². The third-order valence-corrected chi connectivity index (χ3v) is 2.73. The molecule has 0 aliphatic heterocycles. The van der Waals surface area contributed by atoms with Gasteiger partial charge in [-0.25, -0.2) is 0 Å². The van der Waals surface area contributed by atoms with Gasteiger partial charge in [-0.05, 0) is 32.0 Å². The van der Waals surface area contributed by atoms with Gasteiger partial charge in [-0.1, -0.05) is 0 Å². The van der Waals surface area contributed by atoms with Crippen LogP contribution in [-0.2, 0) is 4.74 Å². The summed E-state index contributed by atoms with van der Waals surface area (Å²) < 4.78 is 10.3. The molecule has 0 saturated carbocycles. The molecule has 3 N–H and O–H groups in total. The monoisotopic (exact) mass is 252 g/mol. The van der Waals surface area contributed by atoms with Gasteiger partial charge in [0.25, 0.3) is 5.91 Å². The van der Waals surface area contributed by atoms with Gasteiger partial charge in [-0.15, -0.1) is 0 Å². The Labute approximate surface area is 107 Å². The number of rotatable bonds is 5. The highest BCUT2D eigenvalue weighted by Crippen LogP contribution is 2.19. The van der Waals surface area contributed by atoms with Crippen molar-refractivity contribution >= 4 is 11.6 Å². The van der Waals surface area contributed by atoms with Gasteiger partial charge < -0.3 is 20.5 Å². The van der Waals surface area contributed by atoms with Crippen LogP contribution in [0.1, 0.15) is 24.2 Å². The maximum Gasteiger partial charge on any atom is 0.253 e. The molecule has 1 amide bonds. The molecule has 5 nitrogen and oxygen atoms in total. The van der Waals surface area contributed by atoms with Crippen LogP contribution >= 0.6 is 0 Å². The number of ether oxygens (including phenoxy) is 2. The van der Waals surface area contributed by atoms with Gasteiger partial charge >= 0.3 is 0 Å². The zero-order valence-corrected chi connectivity index (χ0v) is 11.2. The molecule has 18 heavy (non-hydrogen) atoms. The summed E-state index contributed by atoms with van der Waals surface area (Å²) in [6, 6.07) is 4.98. The molecule has 0 aromatic heterocycles. The molecule has 0 aliphatic carbocycles. The average Bonchev–Trinajstić information content (AvgIpc) is 2.36. The van der Waals surface area contributed by atoms with Crippen LogP contribution in [0.5, 0.6) is 5.75 Å². The van der Waals surface area contributed by atoms with Crippen LogP contribution in [0.25, 0.3) is 0 Å². The van der Waals surface area contributed by atoms with Crippen molar-refractivity contribution < 1.29 is 14.3 Å². The van der Waals surface area contributed by atoms with E-state index in [0.717, 1.165) is 0 Å². The molecule has 0 unspecified atom stereocenters. The molecule has 5 heteroatoms. The van der Waals surface area contributed by atoms with Crippen molar-refractivity contribution in [1.29, 1.82) is 0 Å². The fraction of sp³-hybridized carbons (Fsp3) is 0.462. The molecule has 100 valence electrons. The molecule has 0 atom stereocenters. The van der Waals surface area contributed by atoms with Crippen LogP contribution < -0.4 is 15.8 Å². The van der Waals surface area contributed by atoms with Crippen LogP contribution in [0, 0.1) is 0 Å². The summed E-state index contributed by atoms with van der Waals surface area (Å²) in [5, 5.41) is 2.78. The minimum absolute atomic E-state index is 0.239. The zero-order chi connectivity index (χ0) is 13.8. The Bertz CT molecular complexity index is 430. The summed E-state index contributed by atoms with van der Waals surface area (Å²) in [6.45, 7) is 4.18. The van der Waals surface area contributed by atoms with E-state index in [2.05, 4.69) is 5.32 Å². The standard InChI is InChI=1S/C13H20N2O3/c1-13(2,18-4)8-15-12(16)10-7-9(17-3)5-6-11(10)14/h5-7H,8,14H2,1-4H3,(H,15,16). The minimum atomic E-state index is -0.413. The highest BCUT2D eigenvalue weighted by Gasteiger charge is 2.19. The molecule has 1 aromatic rings. The van der Waals surface area contributed by atoms with Crippen LogP contribution in [0.3, 0.4) is 0 Å². The first-order chi connectivity index (χ1) is 8.39. The number of benzene rings is 1. The van der Waals surface area contributed by atoms with Gasteiger partial charge in [-0.2, -0.15) is 0 Å². The summed E-state index contributed by atoms with van der Waals surface area (Å²) in [6.07, 6.45) is 0. The maximum absolute atomic E-state index is 12.0. The zero-order valence-electron chi connectivity index (χ0n) is 11.2. The summed E-state index contributed by atoms with van der Waals surface area (Å²) in [4.78, 5) is 12.0. The van der Waals surface area contributed by atoms with Crippen molar-refractivity contribution in [2.45, 2.75) is 19.4 Å². The minimum Gasteiger partial charge on any atom is -0.497 e. The summed E-state index contributed by atoms with van der Waals surface area (Å²) in [7, 11) is 3.15. The lowest BCUT2D eigenvalue weighted by atomic mass is 10.1. The largest absolute Gasteiger partial charge is 0.497 e. The fourth-order valence-electron chi connectivity index (χ4n) is 1.32. The Morgan fingerprint density at radius 1 is 1.39 bits per heavy atom. The van der Waals surface area contributed by atoms with E-state index in [-0.39, 0.29) is 5.91 Å². The predicted molar refractivity (Wildman–Crippen MR) is 70.8 cm³/mol. The highest BCUT2D eigenvalue weighted by molar-refractivity contribution is 5.99. The fourth-order valence-corrected chi connectivity index (χ4v) is 1.32. The lowest BCUT2D eigenvalue weighted by Crippen LogP contribution is -2.39. The van der Waals surface area contributed by atoms with E-state index in [0.29, 0.717) is 23.5 Å². The van der Waals surface area contributed by atoms with E-state index in [9.17, 15) is 4.79 Å². The van der Waals surface area contributed by atoms with Gasteiger partial charge in [0.05, 0.1) is 18.3 Å². The summed E-state index contributed by atoms with van der Waals surface area (Å²) >= 11 is 0. The molecule has 1 aromatic carbocycles. The topological polar surface area (TPSA) is 73.6 Å². The van der Waals surface area contributed by atoms with Gasteiger partial charge in [0.2, 0.25) is 0 Å². The van der Waals surface area contributed by atoms with E-state index in [1.807, 2.05) is 13.8 Å². The number of carbonyl (C=O) groups is 1. The lowest BCUT2D eigenvalue weighted by molar-refractivity contribution is 0.0229. The van der Waals surface area contributed by atoms with Crippen LogP contribution in [-0.4, -0.2) is 32.3 Å². The third-order valence-electron chi connectivity index (χ3n) is 2.73. The van der Waals surface area contributed by atoms with E-state index in [1.54, 1.807) is 32.4 Å². The number of hydrogen-bond acceptors (Lipinski definition) is 4. The first kappa shape index (κ1) is 14.3. The van der Waals surface area contributed by atoms with E-state index in [1.165, 1.54) is 0 Å². The second-order valence-corrected chi connectivity index (χ2v) is 4.60. The Balaban J connectivity index is 2.78. The molecular formula is C13H20N2O3. The molecule has 1 rings (SSSR count). The Kier molecular flexibility index (Phi) is 4.55. The quantitative estimate of drug-likeness (QED) is 0.777. The maximum atomic E-state index is 12.0. The van der Waals surface area contributed by atoms with E-state index in [4.69, 9.17) is 15.2 Å². The van der Waals surface area contributed by atoms with Crippen molar-refractivity contribution in [2.75, 3.05) is 26.5 Å². The molecule has 0 heterocycles. The molecule has 0 fully saturated rings. The van der Waals surface area contributed by atoms with E-state index >= 15 is 0 Å². The first-order valence-corrected chi connectivity index (χ1v) is 5.66.